The summed E-state index contributed by atoms with van der Waals surface area (Å²) in [4.78, 5) is 4.07. The number of benzene rings is 1. The quantitative estimate of drug-likeness (QED) is 0.617. The minimum Gasteiger partial charge on any atom is -0.493 e. The molecule has 1 heterocycles. The summed E-state index contributed by atoms with van der Waals surface area (Å²) in [6, 6.07) is 7.74. The number of pyridine rings is 1. The van der Waals surface area contributed by atoms with Gasteiger partial charge in [-0.05, 0) is 39.7 Å². The Balaban J connectivity index is 0.00000264. The van der Waals surface area contributed by atoms with E-state index in [1.54, 1.807) is 19.5 Å². The van der Waals surface area contributed by atoms with E-state index in [1.807, 2.05) is 24.3 Å². The number of hydrogen-bond acceptors (Lipinski definition) is 5. The molecular formula is C16H21BrCl2N2O3. The normalized spacial score (nSPS) is 9.62. The minimum atomic E-state index is 0. The summed E-state index contributed by atoms with van der Waals surface area (Å²) < 4.78 is 12.1. The second kappa shape index (κ2) is 12.3. The lowest BCUT2D eigenvalue weighted by Crippen LogP contribution is -2.17. The molecule has 0 fully saturated rings. The van der Waals surface area contributed by atoms with E-state index >= 15 is 0 Å². The molecule has 134 valence electrons. The predicted octanol–water partition coefficient (Wildman–Crippen LogP) is 3.36. The van der Waals surface area contributed by atoms with Crippen LogP contribution in [0.5, 0.6) is 11.5 Å². The molecule has 0 saturated heterocycles. The van der Waals surface area contributed by atoms with Gasteiger partial charge in [0.25, 0.3) is 0 Å². The van der Waals surface area contributed by atoms with E-state index in [0.29, 0.717) is 31.2 Å². The third-order valence-electron chi connectivity index (χ3n) is 3.01. The fourth-order valence-electron chi connectivity index (χ4n) is 1.97. The van der Waals surface area contributed by atoms with Crippen molar-refractivity contribution in [2.24, 2.45) is 0 Å². The first-order valence-corrected chi connectivity index (χ1v) is 7.73. The topological polar surface area (TPSA) is 63.6 Å². The number of methoxy groups -OCH3 is 1. The van der Waals surface area contributed by atoms with Crippen molar-refractivity contribution in [2.45, 2.75) is 13.2 Å². The van der Waals surface area contributed by atoms with Gasteiger partial charge >= 0.3 is 0 Å². The predicted molar refractivity (Wildman–Crippen MR) is 103 cm³/mol. The average Bonchev–Trinajstić information content (AvgIpc) is 2.54. The number of halogens is 3. The van der Waals surface area contributed by atoms with Gasteiger partial charge in [-0.15, -0.1) is 24.8 Å². The summed E-state index contributed by atoms with van der Waals surface area (Å²) in [5.41, 5.74) is 2.04. The maximum Gasteiger partial charge on any atom is 0.175 e. The Morgan fingerprint density at radius 3 is 2.67 bits per heavy atom. The van der Waals surface area contributed by atoms with E-state index in [2.05, 4.69) is 26.2 Å². The molecule has 0 aliphatic rings. The summed E-state index contributed by atoms with van der Waals surface area (Å²) in [5.74, 6) is 1.33. The molecule has 24 heavy (non-hydrogen) atoms. The van der Waals surface area contributed by atoms with Gasteiger partial charge in [-0.3, -0.25) is 4.98 Å². The molecule has 0 saturated carbocycles. The van der Waals surface area contributed by atoms with Crippen LogP contribution in [-0.2, 0) is 13.2 Å². The fourth-order valence-corrected chi connectivity index (χ4v) is 2.57. The van der Waals surface area contributed by atoms with Gasteiger partial charge in [0.05, 0.1) is 18.2 Å². The highest BCUT2D eigenvalue weighted by Gasteiger charge is 2.12. The molecule has 0 amide bonds. The van der Waals surface area contributed by atoms with E-state index < -0.39 is 0 Å². The zero-order valence-corrected chi connectivity index (χ0v) is 16.4. The van der Waals surface area contributed by atoms with Crippen molar-refractivity contribution in [1.29, 1.82) is 0 Å². The molecule has 0 aliphatic carbocycles. The minimum absolute atomic E-state index is 0. The molecular weight excluding hydrogens is 419 g/mol. The SMILES string of the molecule is COc1cc(CNCCO)cc(Br)c1OCc1cccnc1.Cl.Cl. The first kappa shape index (κ1) is 22.9. The second-order valence-electron chi connectivity index (χ2n) is 4.66. The summed E-state index contributed by atoms with van der Waals surface area (Å²) in [6.45, 7) is 1.74. The van der Waals surface area contributed by atoms with Gasteiger partial charge in [-0.1, -0.05) is 6.07 Å². The van der Waals surface area contributed by atoms with Gasteiger partial charge < -0.3 is 19.9 Å². The van der Waals surface area contributed by atoms with E-state index in [9.17, 15) is 0 Å². The number of ether oxygens (including phenoxy) is 2. The largest absolute Gasteiger partial charge is 0.493 e. The summed E-state index contributed by atoms with van der Waals surface area (Å²) in [5, 5.41) is 11.9. The van der Waals surface area contributed by atoms with E-state index in [1.165, 1.54) is 0 Å². The second-order valence-corrected chi connectivity index (χ2v) is 5.51. The van der Waals surface area contributed by atoms with Gasteiger partial charge in [0.15, 0.2) is 11.5 Å². The molecule has 0 radical (unpaired) electrons. The van der Waals surface area contributed by atoms with Crippen LogP contribution in [0.1, 0.15) is 11.1 Å². The molecule has 1 aromatic carbocycles. The van der Waals surface area contributed by atoms with Crippen LogP contribution in [0.4, 0.5) is 0 Å². The van der Waals surface area contributed by atoms with Crippen LogP contribution in [0.25, 0.3) is 0 Å². The smallest absolute Gasteiger partial charge is 0.175 e. The van der Waals surface area contributed by atoms with Gasteiger partial charge in [-0.2, -0.15) is 0 Å². The van der Waals surface area contributed by atoms with Gasteiger partial charge in [0.1, 0.15) is 6.61 Å². The number of aliphatic hydroxyl groups is 1. The highest BCUT2D eigenvalue weighted by molar-refractivity contribution is 9.10. The van der Waals surface area contributed by atoms with E-state index in [4.69, 9.17) is 14.6 Å². The number of rotatable bonds is 8. The van der Waals surface area contributed by atoms with Gasteiger partial charge in [0.2, 0.25) is 0 Å². The van der Waals surface area contributed by atoms with Crippen molar-refractivity contribution in [2.75, 3.05) is 20.3 Å². The molecule has 0 aliphatic heterocycles. The van der Waals surface area contributed by atoms with Crippen molar-refractivity contribution >= 4 is 40.7 Å². The molecule has 2 rings (SSSR count). The molecule has 1 aromatic heterocycles. The molecule has 0 bridgehead atoms. The highest BCUT2D eigenvalue weighted by atomic mass is 79.9. The van der Waals surface area contributed by atoms with Crippen LogP contribution in [0.2, 0.25) is 0 Å². The van der Waals surface area contributed by atoms with Crippen molar-refractivity contribution in [3.63, 3.8) is 0 Å². The van der Waals surface area contributed by atoms with Crippen molar-refractivity contribution in [1.82, 2.24) is 10.3 Å². The Hall–Kier alpha value is -1.05. The van der Waals surface area contributed by atoms with Crippen LogP contribution in [0.3, 0.4) is 0 Å². The molecule has 0 atom stereocenters. The molecule has 2 aromatic rings. The fraction of sp³-hybridized carbons (Fsp3) is 0.312. The molecule has 2 N–H and O–H groups in total. The molecule has 0 spiro atoms. The zero-order valence-electron chi connectivity index (χ0n) is 13.2. The third kappa shape index (κ3) is 6.83. The number of aliphatic hydroxyl groups excluding tert-OH is 1. The first-order chi connectivity index (χ1) is 10.7. The zero-order chi connectivity index (χ0) is 15.8. The Bertz CT molecular complexity index is 603. The first-order valence-electron chi connectivity index (χ1n) is 6.94. The Kier molecular flexibility index (Phi) is 11.8. The lowest BCUT2D eigenvalue weighted by Gasteiger charge is -2.14. The number of aromatic nitrogens is 1. The standard InChI is InChI=1S/C16H19BrN2O3.2ClH/c1-21-15-8-13(10-19-5-6-20)7-14(17)16(15)22-11-12-3-2-4-18-9-12;;/h2-4,7-9,19-20H,5-6,10-11H2,1H3;2*1H. The summed E-state index contributed by atoms with van der Waals surface area (Å²) >= 11 is 3.52. The van der Waals surface area contributed by atoms with E-state index in [-0.39, 0.29) is 31.4 Å². The van der Waals surface area contributed by atoms with Crippen molar-refractivity contribution in [3.05, 3.63) is 52.3 Å². The van der Waals surface area contributed by atoms with Gasteiger partial charge in [0, 0.05) is 31.0 Å². The maximum absolute atomic E-state index is 8.80. The lowest BCUT2D eigenvalue weighted by atomic mass is 10.2. The Labute approximate surface area is 162 Å². The third-order valence-corrected chi connectivity index (χ3v) is 3.60. The number of nitrogens with zero attached hydrogens (tertiary/aromatic N) is 1. The van der Waals surface area contributed by atoms with Crippen LogP contribution < -0.4 is 14.8 Å². The lowest BCUT2D eigenvalue weighted by molar-refractivity contribution is 0.281. The summed E-state index contributed by atoms with van der Waals surface area (Å²) in [7, 11) is 1.61. The molecule has 5 nitrogen and oxygen atoms in total. The number of hydrogen-bond donors (Lipinski definition) is 2. The Morgan fingerprint density at radius 1 is 1.25 bits per heavy atom. The molecule has 0 unspecified atom stereocenters. The van der Waals surface area contributed by atoms with Crippen molar-refractivity contribution < 1.29 is 14.6 Å². The van der Waals surface area contributed by atoms with Crippen LogP contribution in [0.15, 0.2) is 41.1 Å². The van der Waals surface area contributed by atoms with Crippen LogP contribution in [-0.4, -0.2) is 30.4 Å². The van der Waals surface area contributed by atoms with E-state index in [0.717, 1.165) is 15.6 Å². The van der Waals surface area contributed by atoms with Crippen molar-refractivity contribution in [3.8, 4) is 11.5 Å². The highest BCUT2D eigenvalue weighted by Crippen LogP contribution is 2.37. The average molecular weight is 440 g/mol. The summed E-state index contributed by atoms with van der Waals surface area (Å²) in [6.07, 6.45) is 3.50. The van der Waals surface area contributed by atoms with Crippen LogP contribution in [0, 0.1) is 0 Å². The number of nitrogens with one attached hydrogen (secondary N) is 1. The maximum atomic E-state index is 8.80. The monoisotopic (exact) mass is 438 g/mol. The van der Waals surface area contributed by atoms with Gasteiger partial charge in [-0.25, -0.2) is 0 Å². The van der Waals surface area contributed by atoms with Crippen LogP contribution >= 0.6 is 40.7 Å². The Morgan fingerprint density at radius 2 is 2.04 bits per heavy atom. The molecule has 8 heteroatoms.